The van der Waals surface area contributed by atoms with Gasteiger partial charge in [-0.15, -0.1) is 0 Å². The molecule has 0 saturated heterocycles. The van der Waals surface area contributed by atoms with Gasteiger partial charge in [0, 0.05) is 5.69 Å². The first-order chi connectivity index (χ1) is 9.19. The van der Waals surface area contributed by atoms with E-state index in [-0.39, 0.29) is 5.69 Å². The van der Waals surface area contributed by atoms with E-state index in [1.807, 2.05) is 18.2 Å². The van der Waals surface area contributed by atoms with Gasteiger partial charge in [-0.25, -0.2) is 9.78 Å². The molecule has 0 amide bonds. The molecular weight excluding hydrogens is 240 g/mol. The predicted octanol–water partition coefficient (Wildman–Crippen LogP) is 2.95. The number of anilines is 1. The standard InChI is InChI=1S/C15H16N2O2/c1-2-11-5-3-6-12(9-11)16-10-13-7-4-8-14(17-13)15(18)19/h3-9,16H,2,10H2,1H3,(H,18,19). The minimum absolute atomic E-state index is 0.0709. The molecule has 2 rings (SSSR count). The first kappa shape index (κ1) is 13.1. The van der Waals surface area contributed by atoms with Crippen LogP contribution < -0.4 is 5.32 Å². The van der Waals surface area contributed by atoms with Crippen LogP contribution in [0.1, 0.15) is 28.7 Å². The first-order valence-corrected chi connectivity index (χ1v) is 6.21. The van der Waals surface area contributed by atoms with Crippen LogP contribution in [0.25, 0.3) is 0 Å². The highest BCUT2D eigenvalue weighted by molar-refractivity contribution is 5.85. The number of nitrogens with zero attached hydrogens (tertiary/aromatic N) is 1. The van der Waals surface area contributed by atoms with Gasteiger partial charge in [-0.2, -0.15) is 0 Å². The van der Waals surface area contributed by atoms with E-state index >= 15 is 0 Å². The maximum Gasteiger partial charge on any atom is 0.354 e. The van der Waals surface area contributed by atoms with Gasteiger partial charge >= 0.3 is 5.97 Å². The molecule has 0 fully saturated rings. The molecule has 0 aliphatic carbocycles. The number of pyridine rings is 1. The van der Waals surface area contributed by atoms with E-state index in [0.29, 0.717) is 12.2 Å². The number of carboxylic acids is 1. The summed E-state index contributed by atoms with van der Waals surface area (Å²) in [6.45, 7) is 2.62. The van der Waals surface area contributed by atoms with Crippen molar-refractivity contribution in [3.63, 3.8) is 0 Å². The molecule has 4 heteroatoms. The summed E-state index contributed by atoms with van der Waals surface area (Å²) in [5.41, 5.74) is 3.06. The Labute approximate surface area is 112 Å². The quantitative estimate of drug-likeness (QED) is 0.863. The van der Waals surface area contributed by atoms with Crippen LogP contribution in [0, 0.1) is 0 Å². The normalized spacial score (nSPS) is 10.2. The molecule has 1 heterocycles. The number of rotatable bonds is 5. The maximum absolute atomic E-state index is 10.8. The molecule has 0 saturated carbocycles. The monoisotopic (exact) mass is 256 g/mol. The number of aryl methyl sites for hydroxylation is 1. The van der Waals surface area contributed by atoms with E-state index in [1.54, 1.807) is 6.07 Å². The van der Waals surface area contributed by atoms with Crippen molar-refractivity contribution in [3.8, 4) is 0 Å². The number of hydrogen-bond donors (Lipinski definition) is 2. The number of aromatic nitrogens is 1. The number of carbonyl (C=O) groups is 1. The smallest absolute Gasteiger partial charge is 0.354 e. The maximum atomic E-state index is 10.8. The molecule has 19 heavy (non-hydrogen) atoms. The average Bonchev–Trinajstić information content (AvgIpc) is 2.45. The zero-order valence-electron chi connectivity index (χ0n) is 10.8. The van der Waals surface area contributed by atoms with Gasteiger partial charge in [0.1, 0.15) is 5.69 Å². The van der Waals surface area contributed by atoms with Crippen LogP contribution in [-0.4, -0.2) is 16.1 Å². The molecule has 4 nitrogen and oxygen atoms in total. The predicted molar refractivity (Wildman–Crippen MR) is 74.3 cm³/mol. The Morgan fingerprint density at radius 2 is 2.05 bits per heavy atom. The van der Waals surface area contributed by atoms with Gasteiger partial charge in [0.05, 0.1) is 12.2 Å². The van der Waals surface area contributed by atoms with Crippen molar-refractivity contribution in [2.24, 2.45) is 0 Å². The van der Waals surface area contributed by atoms with Gasteiger partial charge in [-0.1, -0.05) is 25.1 Å². The first-order valence-electron chi connectivity index (χ1n) is 6.21. The fourth-order valence-corrected chi connectivity index (χ4v) is 1.79. The Balaban J connectivity index is 2.05. The fourth-order valence-electron chi connectivity index (χ4n) is 1.79. The molecule has 0 unspecified atom stereocenters. The summed E-state index contributed by atoms with van der Waals surface area (Å²) >= 11 is 0. The van der Waals surface area contributed by atoms with Crippen molar-refractivity contribution in [2.45, 2.75) is 19.9 Å². The summed E-state index contributed by atoms with van der Waals surface area (Å²) < 4.78 is 0. The summed E-state index contributed by atoms with van der Waals surface area (Å²) in [6, 6.07) is 13.2. The zero-order valence-corrected chi connectivity index (χ0v) is 10.8. The van der Waals surface area contributed by atoms with Crippen molar-refractivity contribution >= 4 is 11.7 Å². The molecule has 0 atom stereocenters. The molecule has 0 aliphatic rings. The van der Waals surface area contributed by atoms with Crippen molar-refractivity contribution in [1.29, 1.82) is 0 Å². The van der Waals surface area contributed by atoms with Gasteiger partial charge in [-0.3, -0.25) is 0 Å². The van der Waals surface area contributed by atoms with Crippen LogP contribution in [0.2, 0.25) is 0 Å². The minimum atomic E-state index is -1.00. The molecule has 1 aromatic carbocycles. The highest BCUT2D eigenvalue weighted by Crippen LogP contribution is 2.12. The summed E-state index contributed by atoms with van der Waals surface area (Å²) in [7, 11) is 0. The largest absolute Gasteiger partial charge is 0.477 e. The van der Waals surface area contributed by atoms with Crippen LogP contribution in [-0.2, 0) is 13.0 Å². The molecule has 0 radical (unpaired) electrons. The lowest BCUT2D eigenvalue weighted by Gasteiger charge is -2.07. The minimum Gasteiger partial charge on any atom is -0.477 e. The molecule has 98 valence electrons. The Morgan fingerprint density at radius 1 is 1.26 bits per heavy atom. The number of carboxylic acid groups (broad SMARTS) is 1. The number of nitrogens with one attached hydrogen (secondary N) is 1. The third-order valence-electron chi connectivity index (χ3n) is 2.83. The number of hydrogen-bond acceptors (Lipinski definition) is 3. The van der Waals surface area contributed by atoms with Gasteiger partial charge < -0.3 is 10.4 Å². The average molecular weight is 256 g/mol. The van der Waals surface area contributed by atoms with Gasteiger partial charge in [0.15, 0.2) is 0 Å². The summed E-state index contributed by atoms with van der Waals surface area (Å²) in [6.07, 6.45) is 0.988. The topological polar surface area (TPSA) is 62.2 Å². The zero-order chi connectivity index (χ0) is 13.7. The number of aromatic carboxylic acids is 1. The second-order valence-electron chi connectivity index (χ2n) is 4.23. The van der Waals surface area contributed by atoms with Gasteiger partial charge in [-0.05, 0) is 36.2 Å². The van der Waals surface area contributed by atoms with Crippen molar-refractivity contribution in [2.75, 3.05) is 5.32 Å². The molecule has 0 bridgehead atoms. The Hall–Kier alpha value is -2.36. The van der Waals surface area contributed by atoms with E-state index in [1.165, 1.54) is 11.6 Å². The summed E-state index contributed by atoms with van der Waals surface area (Å²) in [4.78, 5) is 14.9. The van der Waals surface area contributed by atoms with Crippen LogP contribution >= 0.6 is 0 Å². The van der Waals surface area contributed by atoms with Gasteiger partial charge in [0.2, 0.25) is 0 Å². The highest BCUT2D eigenvalue weighted by atomic mass is 16.4. The third-order valence-corrected chi connectivity index (χ3v) is 2.83. The molecule has 1 aromatic heterocycles. The van der Waals surface area contributed by atoms with E-state index in [2.05, 4.69) is 29.4 Å². The molecule has 2 aromatic rings. The van der Waals surface area contributed by atoms with E-state index < -0.39 is 5.97 Å². The van der Waals surface area contributed by atoms with E-state index in [9.17, 15) is 4.79 Å². The van der Waals surface area contributed by atoms with Crippen LogP contribution in [0.3, 0.4) is 0 Å². The van der Waals surface area contributed by atoms with Crippen LogP contribution in [0.5, 0.6) is 0 Å². The van der Waals surface area contributed by atoms with E-state index in [0.717, 1.165) is 12.1 Å². The van der Waals surface area contributed by atoms with Crippen LogP contribution in [0.4, 0.5) is 5.69 Å². The fraction of sp³-hybridized carbons (Fsp3) is 0.200. The Bertz CT molecular complexity index is 582. The van der Waals surface area contributed by atoms with E-state index in [4.69, 9.17) is 5.11 Å². The Kier molecular flexibility index (Phi) is 4.13. The number of benzene rings is 1. The Morgan fingerprint density at radius 3 is 2.79 bits per heavy atom. The lowest BCUT2D eigenvalue weighted by Crippen LogP contribution is -2.06. The molecule has 0 spiro atoms. The summed E-state index contributed by atoms with van der Waals surface area (Å²) in [5, 5.41) is 12.1. The van der Waals surface area contributed by atoms with Crippen molar-refractivity contribution in [3.05, 3.63) is 59.4 Å². The molecular formula is C15H16N2O2. The highest BCUT2D eigenvalue weighted by Gasteiger charge is 2.04. The van der Waals surface area contributed by atoms with Gasteiger partial charge in [0.25, 0.3) is 0 Å². The second kappa shape index (κ2) is 6.00. The SMILES string of the molecule is CCc1cccc(NCc2cccc(C(=O)O)n2)c1. The third kappa shape index (κ3) is 3.55. The second-order valence-corrected chi connectivity index (χ2v) is 4.23. The van der Waals surface area contributed by atoms with Crippen molar-refractivity contribution < 1.29 is 9.90 Å². The van der Waals surface area contributed by atoms with Crippen molar-refractivity contribution in [1.82, 2.24) is 4.98 Å². The van der Waals surface area contributed by atoms with Crippen LogP contribution in [0.15, 0.2) is 42.5 Å². The lowest BCUT2D eigenvalue weighted by molar-refractivity contribution is 0.0690. The summed E-state index contributed by atoms with van der Waals surface area (Å²) in [5.74, 6) is -1.00. The molecule has 2 N–H and O–H groups in total. The lowest BCUT2D eigenvalue weighted by atomic mass is 10.1. The molecule has 0 aliphatic heterocycles.